The second-order valence-corrected chi connectivity index (χ2v) is 7.90. The predicted octanol–water partition coefficient (Wildman–Crippen LogP) is 4.06. The van der Waals surface area contributed by atoms with Gasteiger partial charge in [0.2, 0.25) is 5.91 Å². The number of carbonyl (C=O) groups is 2. The number of hydrogen-bond acceptors (Lipinski definition) is 4. The molecule has 0 aliphatic heterocycles. The number of rotatable bonds is 7. The van der Waals surface area contributed by atoms with Crippen molar-refractivity contribution in [1.82, 2.24) is 10.3 Å². The van der Waals surface area contributed by atoms with E-state index in [4.69, 9.17) is 4.74 Å². The molecular formula is C22H27F3N2O4. The van der Waals surface area contributed by atoms with Crippen molar-refractivity contribution in [3.8, 4) is 5.75 Å². The van der Waals surface area contributed by atoms with Gasteiger partial charge in [0.05, 0.1) is 18.9 Å². The number of aryl methyl sites for hydroxylation is 1. The number of halogens is 3. The summed E-state index contributed by atoms with van der Waals surface area (Å²) in [5.74, 6) is -2.03. The van der Waals surface area contributed by atoms with Gasteiger partial charge in [0, 0.05) is 23.1 Å². The van der Waals surface area contributed by atoms with Crippen molar-refractivity contribution in [3.05, 3.63) is 29.5 Å². The molecule has 9 heteroatoms. The minimum absolute atomic E-state index is 0.316. The topological polar surface area (TPSA) is 80.4 Å². The van der Waals surface area contributed by atoms with Crippen LogP contribution >= 0.6 is 0 Å². The fraction of sp³-hybridized carbons (Fsp3) is 0.545. The van der Waals surface area contributed by atoms with Crippen molar-refractivity contribution < 1.29 is 32.2 Å². The van der Waals surface area contributed by atoms with E-state index >= 15 is 0 Å². The second-order valence-electron chi connectivity index (χ2n) is 7.90. The number of benzene rings is 1. The number of fused-ring (bicyclic) bond motifs is 1. The molecule has 0 radical (unpaired) electrons. The highest BCUT2D eigenvalue weighted by atomic mass is 19.4. The standard InChI is InChI=1S/C22H27F3N2O4/c1-13-15(18-11-14(30-2)7-8-19(18)27-13)9-10-26-20(28)16-5-3-4-6-17(16)21(29)31-12-22(23,24)25/h7-8,11,16-17,27H,3-6,9-10,12H2,1-2H3,(H,26,28). The highest BCUT2D eigenvalue weighted by Gasteiger charge is 2.38. The van der Waals surface area contributed by atoms with Crippen LogP contribution in [0.2, 0.25) is 0 Å². The number of nitrogens with one attached hydrogen (secondary N) is 2. The highest BCUT2D eigenvalue weighted by Crippen LogP contribution is 2.32. The molecule has 6 nitrogen and oxygen atoms in total. The van der Waals surface area contributed by atoms with Crippen molar-refractivity contribution in [2.75, 3.05) is 20.3 Å². The summed E-state index contributed by atoms with van der Waals surface area (Å²) in [6.45, 7) is 0.683. The van der Waals surface area contributed by atoms with E-state index in [2.05, 4.69) is 15.0 Å². The molecular weight excluding hydrogens is 413 g/mol. The summed E-state index contributed by atoms with van der Waals surface area (Å²) >= 11 is 0. The van der Waals surface area contributed by atoms with Gasteiger partial charge in [-0.05, 0) is 49.9 Å². The van der Waals surface area contributed by atoms with E-state index < -0.39 is 30.6 Å². The molecule has 1 aromatic heterocycles. The van der Waals surface area contributed by atoms with Gasteiger partial charge in [-0.3, -0.25) is 9.59 Å². The maximum absolute atomic E-state index is 12.7. The Morgan fingerprint density at radius 3 is 2.58 bits per heavy atom. The van der Waals surface area contributed by atoms with Crippen molar-refractivity contribution in [1.29, 1.82) is 0 Å². The van der Waals surface area contributed by atoms with Gasteiger partial charge < -0.3 is 19.8 Å². The van der Waals surface area contributed by atoms with Crippen LogP contribution in [0.1, 0.15) is 36.9 Å². The summed E-state index contributed by atoms with van der Waals surface area (Å²) in [6, 6.07) is 5.73. The van der Waals surface area contributed by atoms with E-state index in [-0.39, 0.29) is 5.91 Å². The summed E-state index contributed by atoms with van der Waals surface area (Å²) in [6.07, 6.45) is -1.76. The molecule has 2 aromatic rings. The Bertz CT molecular complexity index is 939. The van der Waals surface area contributed by atoms with Crippen LogP contribution in [0.5, 0.6) is 5.75 Å². The summed E-state index contributed by atoms with van der Waals surface area (Å²) in [5, 5.41) is 3.87. The number of aromatic amines is 1. The van der Waals surface area contributed by atoms with E-state index in [1.54, 1.807) is 7.11 Å². The molecule has 1 aliphatic carbocycles. The van der Waals surface area contributed by atoms with Crippen LogP contribution in [0.25, 0.3) is 10.9 Å². The lowest BCUT2D eigenvalue weighted by Gasteiger charge is -2.29. The molecule has 0 bridgehead atoms. The first-order valence-electron chi connectivity index (χ1n) is 10.4. The number of carbonyl (C=O) groups excluding carboxylic acids is 2. The third kappa shape index (κ3) is 5.71. The van der Waals surface area contributed by atoms with E-state index in [1.807, 2.05) is 25.1 Å². The Labute approximate surface area is 178 Å². The molecule has 31 heavy (non-hydrogen) atoms. The summed E-state index contributed by atoms with van der Waals surface area (Å²) in [4.78, 5) is 28.2. The predicted molar refractivity (Wildman–Crippen MR) is 109 cm³/mol. The molecule has 1 saturated carbocycles. The maximum Gasteiger partial charge on any atom is 0.422 e. The first kappa shape index (κ1) is 23.0. The van der Waals surface area contributed by atoms with Crippen LogP contribution < -0.4 is 10.1 Å². The van der Waals surface area contributed by atoms with E-state index in [1.165, 1.54) is 0 Å². The van der Waals surface area contributed by atoms with Gasteiger partial charge in [-0.15, -0.1) is 0 Å². The lowest BCUT2D eigenvalue weighted by molar-refractivity contribution is -0.191. The van der Waals surface area contributed by atoms with Gasteiger partial charge in [-0.1, -0.05) is 12.8 Å². The molecule has 2 N–H and O–H groups in total. The molecule has 1 fully saturated rings. The first-order valence-corrected chi connectivity index (χ1v) is 10.4. The smallest absolute Gasteiger partial charge is 0.422 e. The summed E-state index contributed by atoms with van der Waals surface area (Å²) in [7, 11) is 1.60. The Hall–Kier alpha value is -2.71. The van der Waals surface area contributed by atoms with Crippen LogP contribution in [0.3, 0.4) is 0 Å². The number of esters is 1. The number of aromatic nitrogens is 1. The van der Waals surface area contributed by atoms with Gasteiger partial charge in [-0.25, -0.2) is 0 Å². The number of alkyl halides is 3. The first-order chi connectivity index (χ1) is 14.7. The number of H-pyrrole nitrogens is 1. The molecule has 2 unspecified atom stereocenters. The Morgan fingerprint density at radius 2 is 1.90 bits per heavy atom. The quantitative estimate of drug-likeness (QED) is 0.637. The molecule has 1 aromatic carbocycles. The van der Waals surface area contributed by atoms with Crippen molar-refractivity contribution in [2.24, 2.45) is 11.8 Å². The van der Waals surface area contributed by atoms with Gasteiger partial charge in [0.25, 0.3) is 0 Å². The van der Waals surface area contributed by atoms with E-state index in [9.17, 15) is 22.8 Å². The van der Waals surface area contributed by atoms with Crippen LogP contribution in [0.4, 0.5) is 13.2 Å². The zero-order valence-corrected chi connectivity index (χ0v) is 17.6. The number of ether oxygens (including phenoxy) is 2. The average Bonchev–Trinajstić information content (AvgIpc) is 3.05. The van der Waals surface area contributed by atoms with Gasteiger partial charge in [-0.2, -0.15) is 13.2 Å². The molecule has 3 rings (SSSR count). The Morgan fingerprint density at radius 1 is 1.19 bits per heavy atom. The maximum atomic E-state index is 12.7. The molecule has 1 aliphatic rings. The van der Waals surface area contributed by atoms with E-state index in [0.29, 0.717) is 32.2 Å². The largest absolute Gasteiger partial charge is 0.497 e. The van der Waals surface area contributed by atoms with Crippen LogP contribution in [-0.4, -0.2) is 43.3 Å². The third-order valence-corrected chi connectivity index (χ3v) is 5.78. The second kappa shape index (κ2) is 9.62. The number of hydrogen-bond donors (Lipinski definition) is 2. The zero-order chi connectivity index (χ0) is 22.6. The van der Waals surface area contributed by atoms with Gasteiger partial charge >= 0.3 is 12.1 Å². The number of amides is 1. The molecule has 1 heterocycles. The average molecular weight is 440 g/mol. The Balaban J connectivity index is 1.61. The van der Waals surface area contributed by atoms with Crippen molar-refractivity contribution in [2.45, 2.75) is 45.2 Å². The molecule has 0 spiro atoms. The molecule has 1 amide bonds. The molecule has 170 valence electrons. The summed E-state index contributed by atoms with van der Waals surface area (Å²) in [5.41, 5.74) is 3.02. The Kier molecular flexibility index (Phi) is 7.12. The third-order valence-electron chi connectivity index (χ3n) is 5.78. The highest BCUT2D eigenvalue weighted by molar-refractivity contribution is 5.87. The van der Waals surface area contributed by atoms with Crippen molar-refractivity contribution in [3.63, 3.8) is 0 Å². The monoisotopic (exact) mass is 440 g/mol. The number of methoxy groups -OCH3 is 1. The van der Waals surface area contributed by atoms with Gasteiger partial charge in [0.1, 0.15) is 5.75 Å². The van der Waals surface area contributed by atoms with Crippen LogP contribution in [-0.2, 0) is 20.7 Å². The van der Waals surface area contributed by atoms with Crippen molar-refractivity contribution >= 4 is 22.8 Å². The normalized spacial score (nSPS) is 19.3. The summed E-state index contributed by atoms with van der Waals surface area (Å²) < 4.78 is 46.8. The van der Waals surface area contributed by atoms with Gasteiger partial charge in [0.15, 0.2) is 6.61 Å². The molecule has 0 saturated heterocycles. The fourth-order valence-corrected chi connectivity index (χ4v) is 4.24. The minimum Gasteiger partial charge on any atom is -0.497 e. The minimum atomic E-state index is -4.58. The fourth-order valence-electron chi connectivity index (χ4n) is 4.24. The molecule has 2 atom stereocenters. The zero-order valence-electron chi connectivity index (χ0n) is 17.6. The lowest BCUT2D eigenvalue weighted by Crippen LogP contribution is -2.41. The van der Waals surface area contributed by atoms with Crippen LogP contribution in [0, 0.1) is 18.8 Å². The van der Waals surface area contributed by atoms with Crippen LogP contribution in [0.15, 0.2) is 18.2 Å². The lowest BCUT2D eigenvalue weighted by atomic mass is 9.78. The SMILES string of the molecule is COc1ccc2[nH]c(C)c(CCNC(=O)C3CCCCC3C(=O)OCC(F)(F)F)c2c1. The van der Waals surface area contributed by atoms with E-state index in [0.717, 1.165) is 34.3 Å².